The van der Waals surface area contributed by atoms with Crippen LogP contribution < -0.4 is 5.32 Å². The van der Waals surface area contributed by atoms with Crippen molar-refractivity contribution < 1.29 is 4.39 Å². The number of aryl methyl sites for hydroxylation is 1. The van der Waals surface area contributed by atoms with Crippen molar-refractivity contribution in [2.24, 2.45) is 0 Å². The fraction of sp³-hybridized carbons (Fsp3) is 0.308. The Morgan fingerprint density at radius 2 is 2.05 bits per heavy atom. The third kappa shape index (κ3) is 3.78. The minimum absolute atomic E-state index is 0.332. The van der Waals surface area contributed by atoms with Gasteiger partial charge in [0.05, 0.1) is 11.3 Å². The van der Waals surface area contributed by atoms with E-state index in [0.29, 0.717) is 11.3 Å². The molecule has 0 aliphatic rings. The topological polar surface area (TPSA) is 66.5 Å². The van der Waals surface area contributed by atoms with Gasteiger partial charge in [0, 0.05) is 13.1 Å². The van der Waals surface area contributed by atoms with E-state index in [9.17, 15) is 4.39 Å². The Hall–Kier alpha value is -2.42. The molecular weight excluding hydrogens is 245 g/mol. The largest absolute Gasteiger partial charge is 0.384 e. The highest BCUT2D eigenvalue weighted by Gasteiger charge is 2.02. The quantitative estimate of drug-likeness (QED) is 0.807. The van der Waals surface area contributed by atoms with Crippen molar-refractivity contribution in [1.82, 2.24) is 14.8 Å². The molecule has 6 heteroatoms. The first-order valence-corrected chi connectivity index (χ1v) is 6.05. The zero-order valence-electron chi connectivity index (χ0n) is 10.4. The lowest BCUT2D eigenvalue weighted by molar-refractivity contribution is 0.619. The monoisotopic (exact) mass is 259 g/mol. The summed E-state index contributed by atoms with van der Waals surface area (Å²) in [6.07, 6.45) is 5.29. The van der Waals surface area contributed by atoms with Crippen LogP contribution in [0.3, 0.4) is 0 Å². The summed E-state index contributed by atoms with van der Waals surface area (Å²) in [4.78, 5) is 0. The lowest BCUT2D eigenvalue weighted by atomic mass is 10.2. The molecule has 0 radical (unpaired) electrons. The average Bonchev–Trinajstić information content (AvgIpc) is 2.93. The number of nitrogens with one attached hydrogen (secondary N) is 1. The highest BCUT2D eigenvalue weighted by atomic mass is 19.1. The molecule has 0 unspecified atom stereocenters. The molecule has 2 rings (SSSR count). The number of nitriles is 1. The van der Waals surface area contributed by atoms with E-state index >= 15 is 0 Å². The molecule has 0 atom stereocenters. The third-order valence-electron chi connectivity index (χ3n) is 2.73. The molecule has 0 saturated heterocycles. The van der Waals surface area contributed by atoms with Crippen LogP contribution in [-0.2, 0) is 6.54 Å². The number of hydrogen-bond acceptors (Lipinski definition) is 4. The predicted molar refractivity (Wildman–Crippen MR) is 68.9 cm³/mol. The van der Waals surface area contributed by atoms with Crippen molar-refractivity contribution >= 4 is 5.69 Å². The second kappa shape index (κ2) is 6.50. The summed E-state index contributed by atoms with van der Waals surface area (Å²) in [5.41, 5.74) is 1.01. The lowest BCUT2D eigenvalue weighted by Gasteiger charge is -2.08. The number of anilines is 1. The van der Waals surface area contributed by atoms with Gasteiger partial charge in [0.25, 0.3) is 0 Å². The van der Waals surface area contributed by atoms with Gasteiger partial charge in [-0.3, -0.25) is 0 Å². The van der Waals surface area contributed by atoms with Crippen LogP contribution in [0.4, 0.5) is 10.1 Å². The number of aromatic nitrogens is 3. The maximum absolute atomic E-state index is 12.9. The second-order valence-electron chi connectivity index (χ2n) is 4.14. The molecule has 1 N–H and O–H groups in total. The average molecular weight is 259 g/mol. The third-order valence-corrected chi connectivity index (χ3v) is 2.73. The summed E-state index contributed by atoms with van der Waals surface area (Å²) in [6, 6.07) is 6.15. The Morgan fingerprint density at radius 1 is 1.26 bits per heavy atom. The van der Waals surface area contributed by atoms with E-state index in [4.69, 9.17) is 5.26 Å². The number of benzene rings is 1. The van der Waals surface area contributed by atoms with Gasteiger partial charge < -0.3 is 9.88 Å². The van der Waals surface area contributed by atoms with Gasteiger partial charge in [-0.25, -0.2) is 4.39 Å². The Morgan fingerprint density at radius 3 is 2.79 bits per heavy atom. The highest BCUT2D eigenvalue weighted by molar-refractivity contribution is 5.57. The maximum atomic E-state index is 12.9. The summed E-state index contributed by atoms with van der Waals surface area (Å²) in [5.74, 6) is -0.394. The van der Waals surface area contributed by atoms with E-state index in [2.05, 4.69) is 15.5 Å². The van der Waals surface area contributed by atoms with Crippen LogP contribution in [0.1, 0.15) is 18.4 Å². The smallest absolute Gasteiger partial charge is 0.124 e. The summed E-state index contributed by atoms with van der Waals surface area (Å²) in [5, 5.41) is 19.5. The number of rotatable bonds is 6. The first-order valence-electron chi connectivity index (χ1n) is 6.05. The van der Waals surface area contributed by atoms with E-state index in [0.717, 1.165) is 25.9 Å². The molecule has 0 bridgehead atoms. The van der Waals surface area contributed by atoms with Crippen molar-refractivity contribution in [3.05, 3.63) is 42.2 Å². The van der Waals surface area contributed by atoms with E-state index in [1.54, 1.807) is 18.7 Å². The fourth-order valence-electron chi connectivity index (χ4n) is 1.74. The Bertz CT molecular complexity index is 559. The van der Waals surface area contributed by atoms with Crippen LogP contribution in [0.2, 0.25) is 0 Å². The van der Waals surface area contributed by atoms with Crippen molar-refractivity contribution in [2.75, 3.05) is 11.9 Å². The molecule has 0 fully saturated rings. The first kappa shape index (κ1) is 13.0. The van der Waals surface area contributed by atoms with E-state index < -0.39 is 5.82 Å². The molecule has 2 aromatic rings. The van der Waals surface area contributed by atoms with Crippen molar-refractivity contribution in [3.63, 3.8) is 0 Å². The van der Waals surface area contributed by atoms with E-state index in [-0.39, 0.29) is 0 Å². The number of halogens is 1. The fourth-order valence-corrected chi connectivity index (χ4v) is 1.74. The highest BCUT2D eigenvalue weighted by Crippen LogP contribution is 2.15. The van der Waals surface area contributed by atoms with Gasteiger partial charge in [-0.1, -0.05) is 0 Å². The molecular formula is C13H14FN5. The van der Waals surface area contributed by atoms with Crippen LogP contribution in [0.15, 0.2) is 30.9 Å². The molecule has 0 aliphatic heterocycles. The first-order chi connectivity index (χ1) is 9.29. The second-order valence-corrected chi connectivity index (χ2v) is 4.14. The van der Waals surface area contributed by atoms with Crippen molar-refractivity contribution in [1.29, 1.82) is 5.26 Å². The van der Waals surface area contributed by atoms with Gasteiger partial charge >= 0.3 is 0 Å². The van der Waals surface area contributed by atoms with Crippen molar-refractivity contribution in [3.8, 4) is 6.07 Å². The predicted octanol–water partition coefficient (Wildman–Crippen LogP) is 2.18. The molecule has 98 valence electrons. The normalized spacial score (nSPS) is 10.1. The Balaban J connectivity index is 1.75. The van der Waals surface area contributed by atoms with Gasteiger partial charge in [0.2, 0.25) is 0 Å². The number of unbranched alkanes of at least 4 members (excludes halogenated alkanes) is 1. The summed E-state index contributed by atoms with van der Waals surface area (Å²) in [7, 11) is 0. The summed E-state index contributed by atoms with van der Waals surface area (Å²) in [6.45, 7) is 1.60. The SMILES string of the molecule is N#Cc1cc(F)ccc1NCCCCn1cnnc1. The van der Waals surface area contributed by atoms with Gasteiger partial charge in [-0.15, -0.1) is 10.2 Å². The Labute approximate surface area is 110 Å². The number of hydrogen-bond donors (Lipinski definition) is 1. The minimum Gasteiger partial charge on any atom is -0.384 e. The molecule has 1 aromatic heterocycles. The van der Waals surface area contributed by atoms with Crippen LogP contribution in [-0.4, -0.2) is 21.3 Å². The summed E-state index contributed by atoms with van der Waals surface area (Å²) >= 11 is 0. The molecule has 0 spiro atoms. The van der Waals surface area contributed by atoms with Crippen molar-refractivity contribution in [2.45, 2.75) is 19.4 Å². The Kier molecular flexibility index (Phi) is 4.45. The maximum Gasteiger partial charge on any atom is 0.124 e. The molecule has 1 aromatic carbocycles. The molecule has 0 amide bonds. The van der Waals surface area contributed by atoms with Gasteiger partial charge in [0.1, 0.15) is 24.5 Å². The minimum atomic E-state index is -0.394. The molecule has 19 heavy (non-hydrogen) atoms. The zero-order valence-corrected chi connectivity index (χ0v) is 10.4. The van der Waals surface area contributed by atoms with Gasteiger partial charge in [-0.05, 0) is 31.0 Å². The van der Waals surface area contributed by atoms with Gasteiger partial charge in [0.15, 0.2) is 0 Å². The lowest BCUT2D eigenvalue weighted by Crippen LogP contribution is -2.05. The number of nitrogens with zero attached hydrogens (tertiary/aromatic N) is 4. The molecule has 5 nitrogen and oxygen atoms in total. The zero-order chi connectivity index (χ0) is 13.5. The molecule has 0 aliphatic carbocycles. The van der Waals surface area contributed by atoms with Gasteiger partial charge in [-0.2, -0.15) is 5.26 Å². The standard InChI is InChI=1S/C13H14FN5/c14-12-3-4-13(11(7-12)8-15)16-5-1-2-6-19-9-17-18-10-19/h3-4,7,9-10,16H,1-2,5-6H2. The van der Waals surface area contributed by atoms with Crippen LogP contribution in [0.25, 0.3) is 0 Å². The van der Waals surface area contributed by atoms with Crippen LogP contribution >= 0.6 is 0 Å². The molecule has 0 saturated carbocycles. The summed E-state index contributed by atoms with van der Waals surface area (Å²) < 4.78 is 14.9. The van der Waals surface area contributed by atoms with E-state index in [1.807, 2.05) is 10.6 Å². The van der Waals surface area contributed by atoms with E-state index in [1.165, 1.54) is 12.1 Å². The van der Waals surface area contributed by atoms with Crippen LogP contribution in [0.5, 0.6) is 0 Å². The molecule has 1 heterocycles. The van der Waals surface area contributed by atoms with Crippen LogP contribution in [0, 0.1) is 17.1 Å².